The van der Waals surface area contributed by atoms with Crippen LogP contribution < -0.4 is 5.32 Å². The monoisotopic (exact) mass is 633 g/mol. The molecule has 0 aliphatic carbocycles. The Morgan fingerprint density at radius 1 is 0.878 bits per heavy atom. The summed E-state index contributed by atoms with van der Waals surface area (Å²) in [5, 5.41) is 10.2. The third kappa shape index (κ3) is 7.10. The maximum Gasteiger partial charge on any atom is 0.285 e. The largest absolute Gasteiger partial charge is 0.353 e. The van der Waals surface area contributed by atoms with Crippen LogP contribution in [0.3, 0.4) is 0 Å². The van der Waals surface area contributed by atoms with Gasteiger partial charge in [0.05, 0.1) is 22.9 Å². The Morgan fingerprint density at radius 3 is 2.12 bits per heavy atom. The molecule has 0 amide bonds. The summed E-state index contributed by atoms with van der Waals surface area (Å²) in [6, 6.07) is 22.7. The van der Waals surface area contributed by atoms with Gasteiger partial charge in [-0.25, -0.2) is 17.7 Å². The zero-order valence-corrected chi connectivity index (χ0v) is 25.2. The van der Waals surface area contributed by atoms with Gasteiger partial charge in [0.15, 0.2) is 0 Å². The molecule has 0 saturated carbocycles. The number of nitrogens with one attached hydrogen (secondary N) is 1. The zero-order chi connectivity index (χ0) is 29.0. The SMILES string of the molecule is O=S(=O)(/N=C(\NCCS(=O)(=O)N1CCCC1)N1C[C@H](c2ccccc2)C(c2ccc(Cl)cc2)=N1)c1ccc(Cl)cc1. The van der Waals surface area contributed by atoms with E-state index >= 15 is 0 Å². The third-order valence-corrected chi connectivity index (χ3v) is 10.6. The summed E-state index contributed by atoms with van der Waals surface area (Å²) in [6.45, 7) is 1.22. The Hall–Kier alpha value is -2.96. The number of benzene rings is 3. The van der Waals surface area contributed by atoms with Crippen LogP contribution in [-0.2, 0) is 20.0 Å². The first kappa shape index (κ1) is 29.5. The van der Waals surface area contributed by atoms with E-state index in [1.54, 1.807) is 12.1 Å². The highest BCUT2D eigenvalue weighted by atomic mass is 35.5. The average Bonchev–Trinajstić information content (AvgIpc) is 3.65. The van der Waals surface area contributed by atoms with Crippen molar-refractivity contribution in [2.24, 2.45) is 9.50 Å². The van der Waals surface area contributed by atoms with Gasteiger partial charge in [-0.05, 0) is 60.4 Å². The summed E-state index contributed by atoms with van der Waals surface area (Å²) in [6.07, 6.45) is 1.66. The molecule has 2 aliphatic rings. The summed E-state index contributed by atoms with van der Waals surface area (Å²) >= 11 is 12.1. The highest BCUT2D eigenvalue weighted by Crippen LogP contribution is 2.30. The maximum atomic E-state index is 13.3. The fourth-order valence-electron chi connectivity index (χ4n) is 4.79. The Kier molecular flexibility index (Phi) is 9.00. The second-order valence-electron chi connectivity index (χ2n) is 9.73. The predicted octanol–water partition coefficient (Wildman–Crippen LogP) is 4.56. The lowest BCUT2D eigenvalue weighted by atomic mass is 9.91. The Morgan fingerprint density at radius 2 is 1.49 bits per heavy atom. The summed E-state index contributed by atoms with van der Waals surface area (Å²) < 4.78 is 57.9. The third-order valence-electron chi connectivity index (χ3n) is 6.92. The number of hydrogen-bond acceptors (Lipinski definition) is 5. The number of halogens is 2. The zero-order valence-electron chi connectivity index (χ0n) is 22.0. The van der Waals surface area contributed by atoms with Crippen LogP contribution in [0.25, 0.3) is 0 Å². The molecule has 216 valence electrons. The van der Waals surface area contributed by atoms with E-state index in [9.17, 15) is 16.8 Å². The van der Waals surface area contributed by atoms with E-state index in [-0.39, 0.29) is 35.6 Å². The molecule has 0 aromatic heterocycles. The van der Waals surface area contributed by atoms with E-state index in [0.29, 0.717) is 28.8 Å². The van der Waals surface area contributed by atoms with Crippen LogP contribution in [0.2, 0.25) is 10.0 Å². The molecular weight excluding hydrogens is 605 g/mol. The van der Waals surface area contributed by atoms with Crippen molar-refractivity contribution in [3.05, 3.63) is 100 Å². The molecule has 1 saturated heterocycles. The number of rotatable bonds is 8. The molecular formula is C28H29Cl2N5O4S2. The highest BCUT2D eigenvalue weighted by Gasteiger charge is 2.33. The van der Waals surface area contributed by atoms with Gasteiger partial charge in [0.25, 0.3) is 10.0 Å². The average molecular weight is 635 g/mol. The molecule has 2 heterocycles. The van der Waals surface area contributed by atoms with Gasteiger partial charge in [-0.15, -0.1) is 4.40 Å². The van der Waals surface area contributed by atoms with Crippen molar-refractivity contribution in [3.8, 4) is 0 Å². The number of nitrogens with zero attached hydrogens (tertiary/aromatic N) is 4. The van der Waals surface area contributed by atoms with Gasteiger partial charge in [-0.2, -0.15) is 13.5 Å². The van der Waals surface area contributed by atoms with E-state index in [1.165, 1.54) is 33.6 Å². The molecule has 1 fully saturated rings. The van der Waals surface area contributed by atoms with Gasteiger partial charge in [0, 0.05) is 35.6 Å². The van der Waals surface area contributed by atoms with Gasteiger partial charge in [-0.1, -0.05) is 65.7 Å². The quantitative estimate of drug-likeness (QED) is 0.288. The van der Waals surface area contributed by atoms with Crippen LogP contribution in [0.1, 0.15) is 29.9 Å². The second-order valence-corrected chi connectivity index (χ2v) is 14.3. The van der Waals surface area contributed by atoms with E-state index in [0.717, 1.165) is 24.0 Å². The summed E-state index contributed by atoms with van der Waals surface area (Å²) in [7, 11) is -7.69. The van der Waals surface area contributed by atoms with Gasteiger partial charge in [0.1, 0.15) is 0 Å². The topological polar surface area (TPSA) is 112 Å². The lowest BCUT2D eigenvalue weighted by molar-refractivity contribution is 0.454. The van der Waals surface area contributed by atoms with Crippen LogP contribution in [0.4, 0.5) is 0 Å². The fraction of sp³-hybridized carbons (Fsp3) is 0.286. The lowest BCUT2D eigenvalue weighted by Crippen LogP contribution is -2.42. The van der Waals surface area contributed by atoms with Crippen molar-refractivity contribution in [2.45, 2.75) is 23.7 Å². The molecule has 1 atom stereocenters. The molecule has 0 radical (unpaired) electrons. The molecule has 3 aromatic carbocycles. The number of sulfonamides is 2. The standard InChI is InChI=1S/C28H29Cl2N5O4S2/c29-23-10-8-22(9-11-23)27-26(21-6-2-1-3-7-21)20-35(32-27)28(31-16-19-40(36,37)34-17-4-5-18-34)33-41(38,39)25-14-12-24(30)13-15-25/h1-3,6-15,26H,4-5,16-20H2,(H,31,33)/t26-/m1/s1. The molecule has 2 aliphatic heterocycles. The van der Waals surface area contributed by atoms with Gasteiger partial charge < -0.3 is 5.32 Å². The van der Waals surface area contributed by atoms with Crippen molar-refractivity contribution in [2.75, 3.05) is 31.9 Å². The summed E-state index contributed by atoms with van der Waals surface area (Å²) in [5.41, 5.74) is 2.51. The van der Waals surface area contributed by atoms with Crippen LogP contribution >= 0.6 is 23.2 Å². The predicted molar refractivity (Wildman–Crippen MR) is 163 cm³/mol. The van der Waals surface area contributed by atoms with Gasteiger partial charge in [0.2, 0.25) is 16.0 Å². The van der Waals surface area contributed by atoms with Gasteiger partial charge >= 0.3 is 0 Å². The highest BCUT2D eigenvalue weighted by molar-refractivity contribution is 7.90. The Labute approximate surface area is 250 Å². The first-order valence-corrected chi connectivity index (χ1v) is 16.9. The molecule has 0 unspecified atom stereocenters. The molecule has 13 heteroatoms. The molecule has 0 bridgehead atoms. The lowest BCUT2D eigenvalue weighted by Gasteiger charge is -2.21. The van der Waals surface area contributed by atoms with E-state index in [2.05, 4.69) is 9.71 Å². The van der Waals surface area contributed by atoms with E-state index in [1.807, 2.05) is 42.5 Å². The summed E-state index contributed by atoms with van der Waals surface area (Å²) in [5.74, 6) is -0.492. The minimum Gasteiger partial charge on any atom is -0.353 e. The Bertz CT molecular complexity index is 1640. The summed E-state index contributed by atoms with van der Waals surface area (Å²) in [4.78, 5) is -0.0494. The van der Waals surface area contributed by atoms with Crippen molar-refractivity contribution in [3.63, 3.8) is 0 Å². The number of guanidine groups is 1. The normalized spacial score (nSPS) is 18.5. The minimum atomic E-state index is -4.19. The van der Waals surface area contributed by atoms with Crippen molar-refractivity contribution in [1.82, 2.24) is 14.6 Å². The van der Waals surface area contributed by atoms with Crippen LogP contribution in [0, 0.1) is 0 Å². The maximum absolute atomic E-state index is 13.3. The fourth-order valence-corrected chi connectivity index (χ4v) is 7.45. The van der Waals surface area contributed by atoms with Crippen LogP contribution in [0.5, 0.6) is 0 Å². The van der Waals surface area contributed by atoms with Crippen molar-refractivity contribution in [1.29, 1.82) is 0 Å². The molecule has 3 aromatic rings. The number of hydrazone groups is 1. The molecule has 5 rings (SSSR count). The van der Waals surface area contributed by atoms with Crippen LogP contribution in [-0.4, -0.2) is 69.8 Å². The second kappa shape index (κ2) is 12.5. The minimum absolute atomic E-state index is 0.0494. The van der Waals surface area contributed by atoms with Crippen LogP contribution in [0.15, 0.2) is 93.3 Å². The van der Waals surface area contributed by atoms with E-state index < -0.39 is 20.0 Å². The van der Waals surface area contributed by atoms with Crippen molar-refractivity contribution < 1.29 is 16.8 Å². The molecule has 41 heavy (non-hydrogen) atoms. The first-order chi connectivity index (χ1) is 19.6. The molecule has 1 N–H and O–H groups in total. The van der Waals surface area contributed by atoms with E-state index in [4.69, 9.17) is 28.3 Å². The van der Waals surface area contributed by atoms with Crippen molar-refractivity contribution >= 4 is 54.9 Å². The Balaban J connectivity index is 1.50. The smallest absolute Gasteiger partial charge is 0.285 e. The number of hydrogen-bond donors (Lipinski definition) is 1. The molecule has 0 spiro atoms. The van der Waals surface area contributed by atoms with Gasteiger partial charge in [-0.3, -0.25) is 0 Å². The first-order valence-electron chi connectivity index (χ1n) is 13.1. The molecule has 9 nitrogen and oxygen atoms in total.